The topological polar surface area (TPSA) is 43.4 Å². The Labute approximate surface area is 140 Å². The first-order valence-corrected chi connectivity index (χ1v) is 9.60. The first-order valence-electron chi connectivity index (χ1n) is 8.19. The number of fused-ring (bicyclic) bond motifs is 2. The van der Waals surface area contributed by atoms with Crippen LogP contribution in [0.25, 0.3) is 0 Å². The molecule has 7 heteroatoms. The molecular weight excluding hydrogens is 341 g/mol. The lowest BCUT2D eigenvalue weighted by molar-refractivity contribution is -0.0500. The minimum Gasteiger partial charge on any atom is -0.376 e. The lowest BCUT2D eigenvalue weighted by Crippen LogP contribution is -2.30. The third-order valence-electron chi connectivity index (χ3n) is 5.45. The normalized spacial score (nSPS) is 27.3. The van der Waals surface area contributed by atoms with Crippen molar-refractivity contribution in [3.63, 3.8) is 0 Å². The molecule has 1 fully saturated rings. The Morgan fingerprint density at radius 1 is 1.25 bits per heavy atom. The van der Waals surface area contributed by atoms with Crippen molar-refractivity contribution in [3.05, 3.63) is 28.8 Å². The molecule has 1 spiro atoms. The number of hydrogen-bond acceptors (Lipinski definition) is 3. The van der Waals surface area contributed by atoms with Crippen molar-refractivity contribution in [2.45, 2.75) is 63.3 Å². The van der Waals surface area contributed by atoms with E-state index in [9.17, 15) is 21.6 Å². The van der Waals surface area contributed by atoms with Crippen LogP contribution < -0.4 is 4.18 Å². The van der Waals surface area contributed by atoms with Crippen LogP contribution in [0, 0.1) is 12.8 Å². The number of aryl methyl sites for hydroxylation is 1. The van der Waals surface area contributed by atoms with E-state index in [1.165, 1.54) is 12.1 Å². The third-order valence-corrected chi connectivity index (χ3v) is 6.43. The highest BCUT2D eigenvalue weighted by atomic mass is 32.2. The van der Waals surface area contributed by atoms with Gasteiger partial charge in [-0.15, -0.1) is 0 Å². The third kappa shape index (κ3) is 2.91. The molecule has 1 aromatic carbocycles. The second-order valence-electron chi connectivity index (χ2n) is 7.23. The van der Waals surface area contributed by atoms with Gasteiger partial charge in [-0.2, -0.15) is 21.6 Å². The maximum absolute atomic E-state index is 12.6. The van der Waals surface area contributed by atoms with Gasteiger partial charge in [0, 0.05) is 0 Å². The standard InChI is InChI=1S/C17H21F3O3S/c1-11-4-3-6-16(10-11)7-5-14-12(2)8-13(9-15(14)16)23-24(21,22)17(18,19)20/h8-9,11H,3-7,10H2,1-2H3. The average molecular weight is 362 g/mol. The summed E-state index contributed by atoms with van der Waals surface area (Å²) in [7, 11) is -5.64. The second-order valence-corrected chi connectivity index (χ2v) is 8.77. The molecule has 2 atom stereocenters. The molecule has 2 aliphatic carbocycles. The van der Waals surface area contributed by atoms with Gasteiger partial charge >= 0.3 is 15.6 Å². The highest BCUT2D eigenvalue weighted by Gasteiger charge is 2.49. The van der Waals surface area contributed by atoms with Crippen LogP contribution in [-0.2, 0) is 22.0 Å². The molecule has 0 aromatic heterocycles. The fraction of sp³-hybridized carbons (Fsp3) is 0.647. The van der Waals surface area contributed by atoms with Crippen LogP contribution in [0.4, 0.5) is 13.2 Å². The minimum atomic E-state index is -5.64. The second kappa shape index (κ2) is 5.64. The lowest BCUT2D eigenvalue weighted by Gasteiger charge is -2.38. The summed E-state index contributed by atoms with van der Waals surface area (Å²) in [5, 5.41) is 0. The molecule has 3 nitrogen and oxygen atoms in total. The highest BCUT2D eigenvalue weighted by Crippen LogP contribution is 2.52. The predicted octanol–water partition coefficient (Wildman–Crippen LogP) is 4.62. The Kier molecular flexibility index (Phi) is 4.13. The van der Waals surface area contributed by atoms with E-state index < -0.39 is 15.6 Å². The molecule has 0 N–H and O–H groups in total. The van der Waals surface area contributed by atoms with Gasteiger partial charge in [0.25, 0.3) is 0 Å². The Morgan fingerprint density at radius 2 is 1.96 bits per heavy atom. The number of hydrogen-bond donors (Lipinski definition) is 0. The molecule has 2 aliphatic rings. The van der Waals surface area contributed by atoms with Gasteiger partial charge in [0.15, 0.2) is 0 Å². The van der Waals surface area contributed by atoms with E-state index in [0.29, 0.717) is 5.92 Å². The van der Waals surface area contributed by atoms with Crippen molar-refractivity contribution in [2.75, 3.05) is 0 Å². The molecule has 3 rings (SSSR count). The summed E-state index contributed by atoms with van der Waals surface area (Å²) in [6.45, 7) is 4.00. The largest absolute Gasteiger partial charge is 0.534 e. The van der Waals surface area contributed by atoms with Crippen LogP contribution in [0.3, 0.4) is 0 Å². The molecule has 1 saturated carbocycles. The first-order chi connectivity index (χ1) is 11.0. The van der Waals surface area contributed by atoms with Crippen LogP contribution in [0.1, 0.15) is 55.7 Å². The van der Waals surface area contributed by atoms with Gasteiger partial charge in [0.05, 0.1) is 0 Å². The number of alkyl halides is 3. The summed E-state index contributed by atoms with van der Waals surface area (Å²) < 4.78 is 64.7. The summed E-state index contributed by atoms with van der Waals surface area (Å²) in [4.78, 5) is 0. The van der Waals surface area contributed by atoms with Gasteiger partial charge in [0.1, 0.15) is 5.75 Å². The van der Waals surface area contributed by atoms with Crippen molar-refractivity contribution < 1.29 is 25.8 Å². The van der Waals surface area contributed by atoms with Crippen molar-refractivity contribution >= 4 is 10.1 Å². The average Bonchev–Trinajstić information content (AvgIpc) is 2.76. The van der Waals surface area contributed by atoms with E-state index in [1.54, 1.807) is 6.92 Å². The Balaban J connectivity index is 2.01. The monoisotopic (exact) mass is 362 g/mol. The molecule has 0 heterocycles. The molecule has 0 aliphatic heterocycles. The molecule has 0 bridgehead atoms. The number of rotatable bonds is 2. The Bertz CT molecular complexity index is 755. The first kappa shape index (κ1) is 17.6. The Morgan fingerprint density at radius 3 is 2.58 bits per heavy atom. The zero-order valence-corrected chi connectivity index (χ0v) is 14.6. The fourth-order valence-electron chi connectivity index (χ4n) is 4.44. The molecule has 0 radical (unpaired) electrons. The van der Waals surface area contributed by atoms with Crippen LogP contribution in [0.15, 0.2) is 12.1 Å². The zero-order chi connectivity index (χ0) is 17.8. The van der Waals surface area contributed by atoms with E-state index in [1.807, 2.05) is 0 Å². The summed E-state index contributed by atoms with van der Waals surface area (Å²) in [5.74, 6) is 0.330. The van der Waals surface area contributed by atoms with Crippen molar-refractivity contribution in [2.24, 2.45) is 5.92 Å². The molecule has 134 valence electrons. The van der Waals surface area contributed by atoms with E-state index >= 15 is 0 Å². The minimum absolute atomic E-state index is 0.0425. The van der Waals surface area contributed by atoms with Crippen LogP contribution in [0.5, 0.6) is 5.75 Å². The molecular formula is C17H21F3O3S. The van der Waals surface area contributed by atoms with Gasteiger partial charge in [-0.3, -0.25) is 0 Å². The van der Waals surface area contributed by atoms with Crippen molar-refractivity contribution in [3.8, 4) is 5.75 Å². The van der Waals surface area contributed by atoms with Crippen LogP contribution >= 0.6 is 0 Å². The predicted molar refractivity (Wildman–Crippen MR) is 84.4 cm³/mol. The molecule has 0 amide bonds. The van der Waals surface area contributed by atoms with E-state index in [2.05, 4.69) is 11.1 Å². The molecule has 0 saturated heterocycles. The summed E-state index contributed by atoms with van der Waals surface area (Å²) in [6.07, 6.45) is 6.11. The number of halogens is 3. The summed E-state index contributed by atoms with van der Waals surface area (Å²) in [6, 6.07) is 2.92. The van der Waals surface area contributed by atoms with E-state index in [-0.39, 0.29) is 11.2 Å². The summed E-state index contributed by atoms with van der Waals surface area (Å²) >= 11 is 0. The van der Waals surface area contributed by atoms with Crippen LogP contribution in [-0.4, -0.2) is 13.9 Å². The maximum atomic E-state index is 12.6. The van der Waals surface area contributed by atoms with Crippen molar-refractivity contribution in [1.29, 1.82) is 0 Å². The van der Waals surface area contributed by atoms with Crippen molar-refractivity contribution in [1.82, 2.24) is 0 Å². The fourth-order valence-corrected chi connectivity index (χ4v) is 4.89. The molecule has 1 aromatic rings. The lowest BCUT2D eigenvalue weighted by atomic mass is 9.67. The van der Waals surface area contributed by atoms with Gasteiger partial charge in [-0.1, -0.05) is 19.8 Å². The van der Waals surface area contributed by atoms with Gasteiger partial charge in [0.2, 0.25) is 0 Å². The SMILES string of the molecule is Cc1cc(OS(=O)(=O)C(F)(F)F)cc2c1CCC21CCCC(C)C1. The smallest absolute Gasteiger partial charge is 0.376 e. The number of benzene rings is 1. The van der Waals surface area contributed by atoms with Gasteiger partial charge in [-0.05, 0) is 72.8 Å². The van der Waals surface area contributed by atoms with Gasteiger partial charge in [-0.25, -0.2) is 0 Å². The Hall–Kier alpha value is -1.24. The van der Waals surface area contributed by atoms with E-state index in [4.69, 9.17) is 0 Å². The summed E-state index contributed by atoms with van der Waals surface area (Å²) in [5.41, 5.74) is -2.53. The molecule has 24 heavy (non-hydrogen) atoms. The zero-order valence-electron chi connectivity index (χ0n) is 13.7. The van der Waals surface area contributed by atoms with Crippen LogP contribution in [0.2, 0.25) is 0 Å². The van der Waals surface area contributed by atoms with Gasteiger partial charge < -0.3 is 4.18 Å². The molecule has 2 unspecified atom stereocenters. The van der Waals surface area contributed by atoms with E-state index in [0.717, 1.165) is 55.2 Å². The maximum Gasteiger partial charge on any atom is 0.534 e. The highest BCUT2D eigenvalue weighted by molar-refractivity contribution is 7.88. The quantitative estimate of drug-likeness (QED) is 0.570.